The van der Waals surface area contributed by atoms with Crippen LogP contribution in [0.25, 0.3) is 0 Å². The first kappa shape index (κ1) is 19.2. The maximum atomic E-state index is 12.5. The van der Waals surface area contributed by atoms with Crippen LogP contribution in [0.4, 0.5) is 5.69 Å². The molecule has 9 heteroatoms. The summed E-state index contributed by atoms with van der Waals surface area (Å²) in [6.45, 7) is 4.02. The van der Waals surface area contributed by atoms with Gasteiger partial charge in [-0.1, -0.05) is 44.2 Å². The summed E-state index contributed by atoms with van der Waals surface area (Å²) in [5.41, 5.74) is -0.221. The molecule has 0 bridgehead atoms. The van der Waals surface area contributed by atoms with E-state index in [1.54, 1.807) is 24.3 Å². The highest BCUT2D eigenvalue weighted by Crippen LogP contribution is 2.26. The SMILES string of the molecule is CC(C)CO/S(=N\S(=O)(=O)c1ccccc1)c1ccccc1[N+](=O)[O-]. The third-order valence-corrected chi connectivity index (χ3v) is 6.25. The first-order valence-corrected chi connectivity index (χ1v) is 10.00. The molecule has 0 spiro atoms. The topological polar surface area (TPSA) is 98.9 Å². The molecule has 0 saturated heterocycles. The van der Waals surface area contributed by atoms with Crippen LogP contribution in [0.2, 0.25) is 0 Å². The van der Waals surface area contributed by atoms with E-state index < -0.39 is 25.9 Å². The predicted molar refractivity (Wildman–Crippen MR) is 95.6 cm³/mol. The van der Waals surface area contributed by atoms with Crippen molar-refractivity contribution in [3.05, 3.63) is 64.7 Å². The van der Waals surface area contributed by atoms with E-state index >= 15 is 0 Å². The number of nitro benzene ring substituents is 1. The Morgan fingerprint density at radius 3 is 2.32 bits per heavy atom. The molecule has 1 unspecified atom stereocenters. The largest absolute Gasteiger partial charge is 0.301 e. The Morgan fingerprint density at radius 1 is 1.12 bits per heavy atom. The fraction of sp³-hybridized carbons (Fsp3) is 0.250. The highest BCUT2D eigenvalue weighted by molar-refractivity contribution is 7.98. The average Bonchev–Trinajstić information content (AvgIpc) is 2.59. The summed E-state index contributed by atoms with van der Waals surface area (Å²) >= 11 is 0. The highest BCUT2D eigenvalue weighted by Gasteiger charge is 2.22. The number of nitro groups is 1. The molecule has 1 atom stereocenters. The third kappa shape index (κ3) is 5.18. The van der Waals surface area contributed by atoms with Crippen molar-refractivity contribution >= 4 is 26.7 Å². The van der Waals surface area contributed by atoms with Crippen molar-refractivity contribution in [1.29, 1.82) is 0 Å². The minimum absolute atomic E-state index is 0.0132. The van der Waals surface area contributed by atoms with Crippen molar-refractivity contribution in [1.82, 2.24) is 0 Å². The van der Waals surface area contributed by atoms with Crippen molar-refractivity contribution in [2.75, 3.05) is 6.61 Å². The van der Waals surface area contributed by atoms with Gasteiger partial charge in [0.1, 0.15) is 4.90 Å². The van der Waals surface area contributed by atoms with Crippen LogP contribution in [0.15, 0.2) is 68.2 Å². The molecule has 7 nitrogen and oxygen atoms in total. The number of rotatable bonds is 7. The van der Waals surface area contributed by atoms with E-state index in [0.717, 1.165) is 0 Å². The summed E-state index contributed by atoms with van der Waals surface area (Å²) in [6, 6.07) is 13.6. The molecular formula is C16H18N2O5S2. The van der Waals surface area contributed by atoms with E-state index in [2.05, 4.69) is 3.77 Å². The summed E-state index contributed by atoms with van der Waals surface area (Å²) < 4.78 is 34.5. The highest BCUT2D eigenvalue weighted by atomic mass is 32.3. The zero-order chi connectivity index (χ0) is 18.4. The van der Waals surface area contributed by atoms with Gasteiger partial charge in [-0.2, -0.15) is 8.42 Å². The van der Waals surface area contributed by atoms with Crippen molar-refractivity contribution in [2.24, 2.45) is 9.69 Å². The summed E-state index contributed by atoms with van der Waals surface area (Å²) in [7, 11) is -5.62. The van der Waals surface area contributed by atoms with Crippen molar-refractivity contribution in [3.8, 4) is 0 Å². The monoisotopic (exact) mass is 382 g/mol. The lowest BCUT2D eigenvalue weighted by Crippen LogP contribution is -2.09. The maximum absolute atomic E-state index is 12.5. The number of hydrogen-bond acceptors (Lipinski definition) is 5. The molecule has 2 aromatic carbocycles. The van der Waals surface area contributed by atoms with Gasteiger partial charge in [0.15, 0.2) is 0 Å². The molecule has 0 heterocycles. The van der Waals surface area contributed by atoms with Crippen LogP contribution in [0.3, 0.4) is 0 Å². The molecule has 0 aromatic heterocycles. The Kier molecular flexibility index (Phi) is 6.40. The second-order valence-corrected chi connectivity index (χ2v) is 8.71. The van der Waals surface area contributed by atoms with Gasteiger partial charge < -0.3 is 4.18 Å². The van der Waals surface area contributed by atoms with Gasteiger partial charge in [0, 0.05) is 6.07 Å². The van der Waals surface area contributed by atoms with Crippen LogP contribution < -0.4 is 0 Å². The molecule has 0 aliphatic heterocycles. The molecule has 2 aromatic rings. The minimum Gasteiger partial charge on any atom is -0.301 e. The van der Waals surface area contributed by atoms with E-state index in [4.69, 9.17) is 4.18 Å². The smallest absolute Gasteiger partial charge is 0.290 e. The predicted octanol–water partition coefficient (Wildman–Crippen LogP) is 3.73. The molecule has 2 rings (SSSR count). The van der Waals surface area contributed by atoms with Crippen LogP contribution in [-0.2, 0) is 25.2 Å². The Balaban J connectivity index is 2.56. The lowest BCUT2D eigenvalue weighted by atomic mass is 10.2. The first-order chi connectivity index (χ1) is 11.8. The fourth-order valence-electron chi connectivity index (χ4n) is 1.81. The standard InChI is InChI=1S/C16H18N2O5S2/c1-13(2)12-23-24(16-11-7-6-10-15(16)18(19)20)17-25(21,22)14-8-4-3-5-9-14/h3-11,13H,12H2,1-2H3. The molecule has 0 amide bonds. The number of hydrogen-bond donors (Lipinski definition) is 0. The van der Waals surface area contributed by atoms with Crippen LogP contribution >= 0.6 is 0 Å². The number of para-hydroxylation sites is 1. The van der Waals surface area contributed by atoms with Gasteiger partial charge in [-0.15, -0.1) is 3.77 Å². The first-order valence-electron chi connectivity index (χ1n) is 7.45. The average molecular weight is 382 g/mol. The van der Waals surface area contributed by atoms with Crippen LogP contribution in [0.1, 0.15) is 13.8 Å². The summed E-state index contributed by atoms with van der Waals surface area (Å²) in [4.78, 5) is 10.8. The Bertz CT molecular complexity index is 880. The van der Waals surface area contributed by atoms with Gasteiger partial charge in [0.25, 0.3) is 15.7 Å². The lowest BCUT2D eigenvalue weighted by Gasteiger charge is -2.11. The second kappa shape index (κ2) is 8.32. The van der Waals surface area contributed by atoms with E-state index in [0.29, 0.717) is 0 Å². The van der Waals surface area contributed by atoms with Gasteiger partial charge in [-0.05, 0) is 24.1 Å². The Morgan fingerprint density at radius 2 is 1.72 bits per heavy atom. The number of sulfonamides is 1. The molecule has 0 N–H and O–H groups in total. The molecule has 134 valence electrons. The van der Waals surface area contributed by atoms with Crippen molar-refractivity contribution in [3.63, 3.8) is 0 Å². The molecule has 25 heavy (non-hydrogen) atoms. The Labute approximate surface area is 149 Å². The summed E-state index contributed by atoms with van der Waals surface area (Å²) in [5.74, 6) is 0.118. The van der Waals surface area contributed by atoms with Crippen LogP contribution in [0.5, 0.6) is 0 Å². The fourth-order valence-corrected chi connectivity index (χ4v) is 4.90. The van der Waals surface area contributed by atoms with Gasteiger partial charge in [0.05, 0.1) is 27.4 Å². The lowest BCUT2D eigenvalue weighted by molar-refractivity contribution is -0.387. The Hall–Kier alpha value is -2.10. The molecule has 0 fully saturated rings. The summed E-state index contributed by atoms with van der Waals surface area (Å²) in [5, 5.41) is 11.3. The van der Waals surface area contributed by atoms with Gasteiger partial charge in [-0.25, -0.2) is 0 Å². The number of benzene rings is 2. The molecule has 0 aliphatic carbocycles. The third-order valence-electron chi connectivity index (χ3n) is 2.97. The molecule has 0 aliphatic rings. The molecule has 0 radical (unpaired) electrons. The van der Waals surface area contributed by atoms with Gasteiger partial charge >= 0.3 is 0 Å². The van der Waals surface area contributed by atoms with E-state index in [1.165, 1.54) is 30.3 Å². The maximum Gasteiger partial charge on any atom is 0.290 e. The van der Waals surface area contributed by atoms with Crippen molar-refractivity contribution in [2.45, 2.75) is 23.6 Å². The number of nitrogens with zero attached hydrogens (tertiary/aromatic N) is 2. The zero-order valence-electron chi connectivity index (χ0n) is 13.7. The van der Waals surface area contributed by atoms with Gasteiger partial charge in [-0.3, -0.25) is 10.1 Å². The summed E-state index contributed by atoms with van der Waals surface area (Å²) in [6.07, 6.45) is 0. The van der Waals surface area contributed by atoms with E-state index in [1.807, 2.05) is 13.8 Å². The van der Waals surface area contributed by atoms with Crippen LogP contribution in [0, 0.1) is 16.0 Å². The normalized spacial score (nSPS) is 13.1. The van der Waals surface area contributed by atoms with Gasteiger partial charge in [0.2, 0.25) is 0 Å². The minimum atomic E-state index is -4.01. The van der Waals surface area contributed by atoms with E-state index in [9.17, 15) is 18.5 Å². The van der Waals surface area contributed by atoms with E-state index in [-0.39, 0.29) is 28.0 Å². The second-order valence-electron chi connectivity index (χ2n) is 5.52. The van der Waals surface area contributed by atoms with Crippen molar-refractivity contribution < 1.29 is 17.5 Å². The molecular weight excluding hydrogens is 364 g/mol. The quantitative estimate of drug-likeness (QED) is 0.537. The zero-order valence-corrected chi connectivity index (χ0v) is 15.4. The molecule has 0 saturated carbocycles. The van der Waals surface area contributed by atoms with Crippen LogP contribution in [-0.4, -0.2) is 19.9 Å².